The van der Waals surface area contributed by atoms with Gasteiger partial charge < -0.3 is 14.5 Å². The zero-order chi connectivity index (χ0) is 13.4. The monoisotopic (exact) mass is 279 g/mol. The van der Waals surface area contributed by atoms with Crippen molar-refractivity contribution in [3.05, 3.63) is 29.6 Å². The highest BCUT2D eigenvalue weighted by molar-refractivity contribution is 6.30. The van der Waals surface area contributed by atoms with E-state index < -0.39 is 0 Å². The van der Waals surface area contributed by atoms with Gasteiger partial charge in [-0.1, -0.05) is 18.2 Å². The zero-order valence-electron chi connectivity index (χ0n) is 11.1. The SMILES string of the molecule is C=C(C)N1CCN2c3ncc(Cl)cc3OCCC2C1. The Morgan fingerprint density at radius 2 is 2.37 bits per heavy atom. The molecule has 102 valence electrons. The first-order chi connectivity index (χ1) is 9.15. The molecule has 1 atom stereocenters. The summed E-state index contributed by atoms with van der Waals surface area (Å²) in [7, 11) is 0. The van der Waals surface area contributed by atoms with Crippen LogP contribution in [-0.2, 0) is 0 Å². The Morgan fingerprint density at radius 1 is 1.53 bits per heavy atom. The highest BCUT2D eigenvalue weighted by atomic mass is 35.5. The molecule has 0 N–H and O–H groups in total. The van der Waals surface area contributed by atoms with Crippen LogP contribution >= 0.6 is 11.6 Å². The predicted octanol–water partition coefficient (Wildman–Crippen LogP) is 2.54. The fraction of sp³-hybridized carbons (Fsp3) is 0.500. The molecule has 0 spiro atoms. The second kappa shape index (κ2) is 4.93. The first kappa shape index (κ1) is 12.6. The third-order valence-corrected chi connectivity index (χ3v) is 4.01. The van der Waals surface area contributed by atoms with Crippen molar-refractivity contribution in [2.75, 3.05) is 31.1 Å². The molecular formula is C14H18ClN3O. The molecule has 4 nitrogen and oxygen atoms in total. The van der Waals surface area contributed by atoms with Crippen LogP contribution in [0.3, 0.4) is 0 Å². The number of pyridine rings is 1. The summed E-state index contributed by atoms with van der Waals surface area (Å²) in [5.74, 6) is 1.73. The summed E-state index contributed by atoms with van der Waals surface area (Å²) < 4.78 is 5.79. The summed E-state index contributed by atoms with van der Waals surface area (Å²) >= 11 is 5.99. The zero-order valence-corrected chi connectivity index (χ0v) is 11.9. The maximum atomic E-state index is 5.99. The van der Waals surface area contributed by atoms with Crippen LogP contribution in [-0.4, -0.2) is 42.2 Å². The topological polar surface area (TPSA) is 28.6 Å². The normalized spacial score (nSPS) is 22.1. The van der Waals surface area contributed by atoms with Crippen LogP contribution in [0.15, 0.2) is 24.5 Å². The summed E-state index contributed by atoms with van der Waals surface area (Å²) in [6, 6.07) is 2.29. The van der Waals surface area contributed by atoms with Crippen LogP contribution in [0.25, 0.3) is 0 Å². The molecule has 2 aliphatic heterocycles. The highest BCUT2D eigenvalue weighted by Crippen LogP contribution is 2.34. The van der Waals surface area contributed by atoms with Crippen molar-refractivity contribution in [3.63, 3.8) is 0 Å². The van der Waals surface area contributed by atoms with Gasteiger partial charge in [0, 0.05) is 44.0 Å². The second-order valence-corrected chi connectivity index (χ2v) is 5.58. The lowest BCUT2D eigenvalue weighted by Gasteiger charge is -2.42. The lowest BCUT2D eigenvalue weighted by atomic mass is 10.1. The van der Waals surface area contributed by atoms with Gasteiger partial charge >= 0.3 is 0 Å². The van der Waals surface area contributed by atoms with Crippen molar-refractivity contribution in [1.82, 2.24) is 9.88 Å². The average Bonchev–Trinajstić information content (AvgIpc) is 2.56. The number of piperazine rings is 1. The van der Waals surface area contributed by atoms with Crippen molar-refractivity contribution in [2.45, 2.75) is 19.4 Å². The molecule has 19 heavy (non-hydrogen) atoms. The number of hydrogen-bond acceptors (Lipinski definition) is 4. The van der Waals surface area contributed by atoms with E-state index in [0.717, 1.165) is 43.3 Å². The van der Waals surface area contributed by atoms with Gasteiger partial charge in [0.05, 0.1) is 17.7 Å². The fourth-order valence-electron chi connectivity index (χ4n) is 2.77. The van der Waals surface area contributed by atoms with Crippen LogP contribution in [0, 0.1) is 0 Å². The van der Waals surface area contributed by atoms with Gasteiger partial charge in [-0.15, -0.1) is 0 Å². The Labute approximate surface area is 118 Å². The van der Waals surface area contributed by atoms with E-state index >= 15 is 0 Å². The van der Waals surface area contributed by atoms with E-state index in [0.29, 0.717) is 17.7 Å². The minimum atomic E-state index is 0.431. The molecule has 0 aromatic carbocycles. The molecular weight excluding hydrogens is 262 g/mol. The van der Waals surface area contributed by atoms with Crippen LogP contribution in [0.1, 0.15) is 13.3 Å². The molecule has 3 heterocycles. The molecule has 5 heteroatoms. The van der Waals surface area contributed by atoms with Crippen LogP contribution < -0.4 is 9.64 Å². The van der Waals surface area contributed by atoms with Crippen molar-refractivity contribution >= 4 is 17.4 Å². The van der Waals surface area contributed by atoms with Crippen LogP contribution in [0.2, 0.25) is 5.02 Å². The molecule has 1 unspecified atom stereocenters. The summed E-state index contributed by atoms with van der Waals surface area (Å²) in [6.45, 7) is 9.73. The molecule has 0 saturated carbocycles. The van der Waals surface area contributed by atoms with E-state index in [2.05, 4.69) is 28.3 Å². The molecule has 2 aliphatic rings. The van der Waals surface area contributed by atoms with Gasteiger partial charge in [-0.05, 0) is 6.92 Å². The molecule has 0 bridgehead atoms. The summed E-state index contributed by atoms with van der Waals surface area (Å²) in [5.41, 5.74) is 1.13. The first-order valence-corrected chi connectivity index (χ1v) is 6.98. The van der Waals surface area contributed by atoms with Gasteiger partial charge in [-0.2, -0.15) is 0 Å². The van der Waals surface area contributed by atoms with Crippen molar-refractivity contribution in [1.29, 1.82) is 0 Å². The maximum Gasteiger partial charge on any atom is 0.171 e. The lowest BCUT2D eigenvalue weighted by Crippen LogP contribution is -2.52. The third-order valence-electron chi connectivity index (χ3n) is 3.80. The van der Waals surface area contributed by atoms with Gasteiger partial charge in [0.1, 0.15) is 0 Å². The summed E-state index contributed by atoms with van der Waals surface area (Å²) in [5, 5.41) is 0.623. The largest absolute Gasteiger partial charge is 0.490 e. The molecule has 1 aromatic rings. The van der Waals surface area contributed by atoms with Gasteiger partial charge in [-0.3, -0.25) is 0 Å². The number of aromatic nitrogens is 1. The van der Waals surface area contributed by atoms with E-state index in [1.165, 1.54) is 0 Å². The fourth-order valence-corrected chi connectivity index (χ4v) is 2.92. The lowest BCUT2D eigenvalue weighted by molar-refractivity contribution is 0.249. The molecule has 0 radical (unpaired) electrons. The molecule has 0 amide bonds. The van der Waals surface area contributed by atoms with Crippen molar-refractivity contribution in [3.8, 4) is 5.75 Å². The minimum Gasteiger partial charge on any atom is -0.490 e. The van der Waals surface area contributed by atoms with Crippen LogP contribution in [0.4, 0.5) is 5.82 Å². The summed E-state index contributed by atoms with van der Waals surface area (Å²) in [6.07, 6.45) is 2.69. The van der Waals surface area contributed by atoms with Crippen molar-refractivity contribution < 1.29 is 4.74 Å². The molecule has 1 saturated heterocycles. The van der Waals surface area contributed by atoms with E-state index in [1.54, 1.807) is 6.20 Å². The Morgan fingerprint density at radius 3 is 3.16 bits per heavy atom. The molecule has 3 rings (SSSR count). The molecule has 1 aromatic heterocycles. The third kappa shape index (κ3) is 2.37. The molecule has 1 fully saturated rings. The standard InChI is InChI=1S/C14H18ClN3O/c1-10(2)17-4-5-18-12(9-17)3-6-19-13-7-11(15)8-16-14(13)18/h7-8,12H,1,3-6,9H2,2H3. The smallest absolute Gasteiger partial charge is 0.171 e. The number of anilines is 1. The summed E-state index contributed by atoms with van der Waals surface area (Å²) in [4.78, 5) is 9.14. The van der Waals surface area contributed by atoms with Gasteiger partial charge in [-0.25, -0.2) is 4.98 Å². The van der Waals surface area contributed by atoms with Gasteiger partial charge in [0.2, 0.25) is 0 Å². The first-order valence-electron chi connectivity index (χ1n) is 6.60. The number of allylic oxidation sites excluding steroid dienone is 1. The Hall–Kier alpha value is -1.42. The second-order valence-electron chi connectivity index (χ2n) is 5.14. The van der Waals surface area contributed by atoms with E-state index in [4.69, 9.17) is 16.3 Å². The number of hydrogen-bond donors (Lipinski definition) is 0. The van der Waals surface area contributed by atoms with Gasteiger partial charge in [0.25, 0.3) is 0 Å². The maximum absolute atomic E-state index is 5.99. The quantitative estimate of drug-likeness (QED) is 0.790. The highest BCUT2D eigenvalue weighted by Gasteiger charge is 2.31. The predicted molar refractivity (Wildman–Crippen MR) is 76.9 cm³/mol. The van der Waals surface area contributed by atoms with E-state index in [1.807, 2.05) is 6.07 Å². The van der Waals surface area contributed by atoms with E-state index in [-0.39, 0.29) is 0 Å². The Balaban J connectivity index is 1.89. The number of ether oxygens (including phenoxy) is 1. The average molecular weight is 280 g/mol. The van der Waals surface area contributed by atoms with Crippen molar-refractivity contribution in [2.24, 2.45) is 0 Å². The number of halogens is 1. The Bertz CT molecular complexity index is 505. The number of fused-ring (bicyclic) bond motifs is 3. The van der Waals surface area contributed by atoms with E-state index in [9.17, 15) is 0 Å². The van der Waals surface area contributed by atoms with Gasteiger partial charge in [0.15, 0.2) is 11.6 Å². The van der Waals surface area contributed by atoms with Crippen LogP contribution in [0.5, 0.6) is 5.75 Å². The Kier molecular flexibility index (Phi) is 3.27. The molecule has 0 aliphatic carbocycles. The minimum absolute atomic E-state index is 0.431. The number of rotatable bonds is 1. The number of nitrogens with zero attached hydrogens (tertiary/aromatic N) is 3.